The summed E-state index contributed by atoms with van der Waals surface area (Å²) in [5.41, 5.74) is -0.720. The van der Waals surface area contributed by atoms with Crippen LogP contribution < -0.4 is 9.80 Å². The number of rotatable bonds is 2. The molecule has 1 spiro atoms. The normalized spacial score (nSPS) is 23.5. The van der Waals surface area contributed by atoms with Gasteiger partial charge in [-0.05, 0) is 18.9 Å². The Bertz CT molecular complexity index is 481. The van der Waals surface area contributed by atoms with Crippen molar-refractivity contribution in [3.05, 3.63) is 12.3 Å². The zero-order valence-electron chi connectivity index (χ0n) is 11.2. The average molecular weight is 268 g/mol. The lowest BCUT2D eigenvalue weighted by Gasteiger charge is -2.32. The summed E-state index contributed by atoms with van der Waals surface area (Å²) in [6.07, 6.45) is 2.85. The lowest BCUT2D eigenvalue weighted by Crippen LogP contribution is -2.37. The topological polar surface area (TPSA) is 32.3 Å². The van der Waals surface area contributed by atoms with Gasteiger partial charge in [-0.25, -0.2) is 13.8 Å². The first-order valence-corrected chi connectivity index (χ1v) is 6.57. The van der Waals surface area contributed by atoms with Gasteiger partial charge in [-0.1, -0.05) is 0 Å². The lowest BCUT2D eigenvalue weighted by molar-refractivity contribution is 0.0536. The largest absolute Gasteiger partial charge is 0.363 e. The molecule has 6 heteroatoms. The number of nitrogens with zero attached hydrogens (tertiary/aromatic N) is 4. The molecule has 1 saturated heterocycles. The summed E-state index contributed by atoms with van der Waals surface area (Å²) in [7, 11) is 3.84. The molecule has 2 aliphatic rings. The molecule has 0 atom stereocenters. The van der Waals surface area contributed by atoms with Crippen LogP contribution in [-0.4, -0.2) is 43.1 Å². The monoisotopic (exact) mass is 268 g/mol. The molecule has 4 nitrogen and oxygen atoms in total. The van der Waals surface area contributed by atoms with E-state index in [1.54, 1.807) is 6.20 Å². The predicted molar refractivity (Wildman–Crippen MR) is 69.8 cm³/mol. The summed E-state index contributed by atoms with van der Waals surface area (Å²) in [6, 6.07) is 1.84. The number of anilines is 2. The van der Waals surface area contributed by atoms with Crippen LogP contribution in [0, 0.1) is 5.41 Å². The van der Waals surface area contributed by atoms with Gasteiger partial charge in [-0.15, -0.1) is 0 Å². The number of hydrogen-bond acceptors (Lipinski definition) is 4. The summed E-state index contributed by atoms with van der Waals surface area (Å²) in [5, 5.41) is 0. The van der Waals surface area contributed by atoms with Crippen LogP contribution in [0.3, 0.4) is 0 Å². The molecule has 2 heterocycles. The standard InChI is InChI=1S/C13H18F2N4/c1-18(2)10-3-6-16-11(17-10)19-7-4-12(5-8-19)9-13(12,14)15/h3,6H,4-5,7-9H2,1-2H3. The molecule has 2 fully saturated rings. The molecule has 0 N–H and O–H groups in total. The molecule has 0 aromatic carbocycles. The van der Waals surface area contributed by atoms with Gasteiger partial charge in [-0.3, -0.25) is 0 Å². The van der Waals surface area contributed by atoms with Crippen molar-refractivity contribution in [2.75, 3.05) is 37.0 Å². The summed E-state index contributed by atoms with van der Waals surface area (Å²) in [6.45, 7) is 1.24. The Morgan fingerprint density at radius 2 is 1.89 bits per heavy atom. The first kappa shape index (κ1) is 12.6. The van der Waals surface area contributed by atoms with Gasteiger partial charge in [0.05, 0.1) is 0 Å². The van der Waals surface area contributed by atoms with E-state index in [9.17, 15) is 8.78 Å². The fraction of sp³-hybridized carbons (Fsp3) is 0.692. The van der Waals surface area contributed by atoms with Crippen LogP contribution in [0.2, 0.25) is 0 Å². The number of hydrogen-bond donors (Lipinski definition) is 0. The summed E-state index contributed by atoms with van der Waals surface area (Å²) in [4.78, 5) is 12.6. The van der Waals surface area contributed by atoms with Gasteiger partial charge in [0, 0.05) is 45.2 Å². The summed E-state index contributed by atoms with van der Waals surface area (Å²) >= 11 is 0. The van der Waals surface area contributed by atoms with Crippen molar-refractivity contribution in [2.24, 2.45) is 5.41 Å². The molecule has 1 saturated carbocycles. The molecule has 19 heavy (non-hydrogen) atoms. The third-order valence-electron chi connectivity index (χ3n) is 4.30. The van der Waals surface area contributed by atoms with Gasteiger partial charge in [-0.2, -0.15) is 4.98 Å². The highest BCUT2D eigenvalue weighted by Crippen LogP contribution is 2.65. The second kappa shape index (κ2) is 4.02. The Kier molecular flexibility index (Phi) is 2.66. The maximum absolute atomic E-state index is 13.3. The van der Waals surface area contributed by atoms with Gasteiger partial charge >= 0.3 is 0 Å². The number of aromatic nitrogens is 2. The smallest absolute Gasteiger partial charge is 0.254 e. The molecular formula is C13H18F2N4. The van der Waals surface area contributed by atoms with E-state index in [0.717, 1.165) is 5.82 Å². The summed E-state index contributed by atoms with van der Waals surface area (Å²) < 4.78 is 26.6. The van der Waals surface area contributed by atoms with Crippen molar-refractivity contribution in [1.29, 1.82) is 0 Å². The molecule has 1 aliphatic carbocycles. The Morgan fingerprint density at radius 3 is 2.42 bits per heavy atom. The van der Waals surface area contributed by atoms with Crippen molar-refractivity contribution in [3.8, 4) is 0 Å². The number of alkyl halides is 2. The highest BCUT2D eigenvalue weighted by Gasteiger charge is 2.70. The minimum absolute atomic E-state index is 0.0619. The van der Waals surface area contributed by atoms with Crippen molar-refractivity contribution < 1.29 is 8.78 Å². The van der Waals surface area contributed by atoms with E-state index in [4.69, 9.17) is 0 Å². The number of halogens is 2. The van der Waals surface area contributed by atoms with Crippen LogP contribution in [0.15, 0.2) is 12.3 Å². The summed E-state index contributed by atoms with van der Waals surface area (Å²) in [5.74, 6) is -0.960. The van der Waals surface area contributed by atoms with Gasteiger partial charge in [0.1, 0.15) is 5.82 Å². The Morgan fingerprint density at radius 1 is 1.26 bits per heavy atom. The van der Waals surface area contributed by atoms with Gasteiger partial charge in [0.2, 0.25) is 5.95 Å². The SMILES string of the molecule is CN(C)c1ccnc(N2CCC3(CC2)CC3(F)F)n1. The fourth-order valence-electron chi connectivity index (χ4n) is 2.80. The molecule has 1 aromatic heterocycles. The second-order valence-electron chi connectivity index (χ2n) is 5.76. The van der Waals surface area contributed by atoms with E-state index in [-0.39, 0.29) is 6.42 Å². The third kappa shape index (κ3) is 2.03. The van der Waals surface area contributed by atoms with E-state index in [1.807, 2.05) is 30.0 Å². The zero-order valence-corrected chi connectivity index (χ0v) is 11.2. The van der Waals surface area contributed by atoms with Gasteiger partial charge in [0.15, 0.2) is 0 Å². The minimum atomic E-state index is -2.44. The Balaban J connectivity index is 1.70. The van der Waals surface area contributed by atoms with E-state index in [2.05, 4.69) is 9.97 Å². The van der Waals surface area contributed by atoms with Crippen LogP contribution in [0.4, 0.5) is 20.5 Å². The molecule has 0 bridgehead atoms. The Labute approximate surface area is 111 Å². The molecule has 0 unspecified atom stereocenters. The van der Waals surface area contributed by atoms with E-state index < -0.39 is 11.3 Å². The molecule has 104 valence electrons. The maximum atomic E-state index is 13.3. The van der Waals surface area contributed by atoms with Crippen molar-refractivity contribution >= 4 is 11.8 Å². The molecule has 1 aliphatic heterocycles. The van der Waals surface area contributed by atoms with Crippen LogP contribution in [0.1, 0.15) is 19.3 Å². The zero-order chi connectivity index (χ0) is 13.7. The molecule has 0 radical (unpaired) electrons. The van der Waals surface area contributed by atoms with E-state index in [1.165, 1.54) is 0 Å². The van der Waals surface area contributed by atoms with Crippen LogP contribution in [0.5, 0.6) is 0 Å². The Hall–Kier alpha value is -1.46. The van der Waals surface area contributed by atoms with Crippen molar-refractivity contribution in [2.45, 2.75) is 25.2 Å². The maximum Gasteiger partial charge on any atom is 0.254 e. The first-order valence-electron chi connectivity index (χ1n) is 6.57. The van der Waals surface area contributed by atoms with Crippen molar-refractivity contribution in [1.82, 2.24) is 9.97 Å². The van der Waals surface area contributed by atoms with Gasteiger partial charge < -0.3 is 9.80 Å². The fourth-order valence-corrected chi connectivity index (χ4v) is 2.80. The molecule has 3 rings (SSSR count). The van der Waals surface area contributed by atoms with Gasteiger partial charge in [0.25, 0.3) is 5.92 Å². The third-order valence-corrected chi connectivity index (χ3v) is 4.30. The highest BCUT2D eigenvalue weighted by atomic mass is 19.3. The average Bonchev–Trinajstić information content (AvgIpc) is 2.91. The molecule has 1 aromatic rings. The molecular weight excluding hydrogens is 250 g/mol. The first-order chi connectivity index (χ1) is 8.94. The second-order valence-corrected chi connectivity index (χ2v) is 5.76. The van der Waals surface area contributed by atoms with E-state index >= 15 is 0 Å². The number of piperidine rings is 1. The molecule has 0 amide bonds. The quantitative estimate of drug-likeness (QED) is 0.823. The van der Waals surface area contributed by atoms with Crippen molar-refractivity contribution in [3.63, 3.8) is 0 Å². The van der Waals surface area contributed by atoms with Crippen LogP contribution in [0.25, 0.3) is 0 Å². The van der Waals surface area contributed by atoms with Crippen LogP contribution in [-0.2, 0) is 0 Å². The predicted octanol–water partition coefficient (Wildman–Crippen LogP) is 2.17. The lowest BCUT2D eigenvalue weighted by atomic mass is 9.93. The van der Waals surface area contributed by atoms with Crippen LogP contribution >= 0.6 is 0 Å². The highest BCUT2D eigenvalue weighted by molar-refractivity contribution is 5.43. The van der Waals surface area contributed by atoms with E-state index in [0.29, 0.717) is 31.9 Å². The minimum Gasteiger partial charge on any atom is -0.363 e.